The fraction of sp³-hybridized carbons (Fsp3) is 0.500. The van der Waals surface area contributed by atoms with E-state index in [-0.39, 0.29) is 46.5 Å². The molecule has 0 aliphatic heterocycles. The predicted molar refractivity (Wildman–Crippen MR) is 37.1 cm³/mol. The second-order valence-corrected chi connectivity index (χ2v) is 2.48. The molecule has 0 aliphatic carbocycles. The Hall–Kier alpha value is -0.150. The Balaban J connectivity index is -0.000000720. The summed E-state index contributed by atoms with van der Waals surface area (Å²) in [4.78, 5) is 30.5. The molecule has 0 aromatic rings. The minimum atomic E-state index is -2.74. The number of rotatable bonds is 5. The monoisotopic (exact) mass is 294 g/mol. The maximum Gasteiger partial charge on any atom is 1.00 e. The van der Waals surface area contributed by atoms with Crippen molar-refractivity contribution in [2.75, 3.05) is 0 Å². The molecule has 0 fully saturated rings. The van der Waals surface area contributed by atoms with Gasteiger partial charge in [0.25, 0.3) is 0 Å². The van der Waals surface area contributed by atoms with Gasteiger partial charge in [-0.05, 0) is 0 Å². The van der Waals surface area contributed by atoms with E-state index in [1.807, 2.05) is 0 Å². The van der Waals surface area contributed by atoms with Crippen molar-refractivity contribution in [1.29, 1.82) is 0 Å². The Bertz CT molecular complexity index is 238. The number of carboxylic acid groups (broad SMARTS) is 3. The van der Waals surface area contributed by atoms with Gasteiger partial charge in [0.1, 0.15) is 0 Å². The third kappa shape index (κ3) is 7.74. The van der Waals surface area contributed by atoms with Crippen LogP contribution in [0.1, 0.15) is 12.8 Å². The van der Waals surface area contributed by atoms with Crippen LogP contribution < -0.4 is 46.5 Å². The van der Waals surface area contributed by atoms with Gasteiger partial charge in [-0.2, -0.15) is 0 Å². The number of hydrogen-bond acceptors (Lipinski definition) is 4. The number of carbonyl (C=O) groups is 3. The van der Waals surface area contributed by atoms with Crippen molar-refractivity contribution in [1.82, 2.24) is 0 Å². The van der Waals surface area contributed by atoms with Gasteiger partial charge in [0.05, 0.1) is 12.8 Å². The standard InChI is InChI=1S/C6H8O7.BrH.Na/c7-3(8)1-6(13,5(11)12)2-4(9)10;;/h13H,1-2H2,(H,7,8)(H,9,10)(H,11,12);1H;/q;;+1/p-1. The number of aliphatic carboxylic acids is 3. The molecule has 0 saturated heterocycles. The van der Waals surface area contributed by atoms with Crippen molar-refractivity contribution in [2.45, 2.75) is 18.4 Å². The van der Waals surface area contributed by atoms with E-state index < -0.39 is 36.4 Å². The van der Waals surface area contributed by atoms with Gasteiger partial charge in [-0.1, -0.05) is 0 Å². The van der Waals surface area contributed by atoms with Gasteiger partial charge in [-0.15, -0.1) is 0 Å². The van der Waals surface area contributed by atoms with E-state index in [4.69, 9.17) is 20.4 Å². The Morgan fingerprint density at radius 2 is 1.20 bits per heavy atom. The molecule has 9 heteroatoms. The minimum Gasteiger partial charge on any atom is -1.00 e. The van der Waals surface area contributed by atoms with Crippen molar-refractivity contribution in [2.24, 2.45) is 0 Å². The van der Waals surface area contributed by atoms with Crippen LogP contribution in [0.4, 0.5) is 0 Å². The number of halogens is 1. The molecule has 82 valence electrons. The first-order chi connectivity index (χ1) is 5.78. The number of aliphatic hydroxyl groups is 1. The number of carboxylic acids is 3. The summed E-state index contributed by atoms with van der Waals surface area (Å²) < 4.78 is 0. The maximum absolute atomic E-state index is 10.3. The molecule has 0 aromatic heterocycles. The van der Waals surface area contributed by atoms with Gasteiger partial charge in [-0.3, -0.25) is 9.59 Å². The summed E-state index contributed by atoms with van der Waals surface area (Å²) in [6, 6.07) is 0. The molecule has 15 heavy (non-hydrogen) atoms. The first-order valence-electron chi connectivity index (χ1n) is 3.17. The minimum absolute atomic E-state index is 0. The van der Waals surface area contributed by atoms with Crippen molar-refractivity contribution < 1.29 is 81.3 Å². The molecule has 0 saturated carbocycles. The van der Waals surface area contributed by atoms with Crippen LogP contribution in [-0.4, -0.2) is 43.9 Å². The summed E-state index contributed by atoms with van der Waals surface area (Å²) in [7, 11) is 0. The Morgan fingerprint density at radius 3 is 1.33 bits per heavy atom. The van der Waals surface area contributed by atoms with Crippen molar-refractivity contribution in [3.8, 4) is 0 Å². The van der Waals surface area contributed by atoms with E-state index in [9.17, 15) is 14.4 Å². The molecule has 0 aromatic carbocycles. The van der Waals surface area contributed by atoms with Crippen molar-refractivity contribution >= 4 is 17.9 Å². The fourth-order valence-electron chi connectivity index (χ4n) is 0.714. The summed E-state index contributed by atoms with van der Waals surface area (Å²) in [6.45, 7) is 0. The molecule has 0 bridgehead atoms. The smallest absolute Gasteiger partial charge is 1.00 e. The molecule has 0 rings (SSSR count). The molecule has 0 unspecified atom stereocenters. The van der Waals surface area contributed by atoms with Gasteiger partial charge < -0.3 is 37.4 Å². The van der Waals surface area contributed by atoms with Crippen LogP contribution in [-0.2, 0) is 14.4 Å². The SMILES string of the molecule is O=C(O)CC(O)(CC(=O)O)C(=O)O.[Br-].[Na+]. The second kappa shape index (κ2) is 8.05. The zero-order chi connectivity index (χ0) is 10.6. The average molecular weight is 295 g/mol. The molecule has 0 atom stereocenters. The van der Waals surface area contributed by atoms with Crippen LogP contribution in [0.25, 0.3) is 0 Å². The second-order valence-electron chi connectivity index (χ2n) is 2.48. The molecular weight excluding hydrogens is 287 g/mol. The summed E-state index contributed by atoms with van der Waals surface area (Å²) in [5.41, 5.74) is -2.74. The molecular formula is C6H8BrNaO7. The van der Waals surface area contributed by atoms with Crippen LogP contribution >= 0.6 is 0 Å². The maximum atomic E-state index is 10.3. The topological polar surface area (TPSA) is 132 Å². The van der Waals surface area contributed by atoms with E-state index in [1.165, 1.54) is 0 Å². The Morgan fingerprint density at radius 1 is 0.933 bits per heavy atom. The summed E-state index contributed by atoms with van der Waals surface area (Å²) in [5, 5.41) is 33.8. The molecule has 0 aliphatic rings. The zero-order valence-electron chi connectivity index (χ0n) is 7.81. The fourth-order valence-corrected chi connectivity index (χ4v) is 0.714. The predicted octanol–water partition coefficient (Wildman–Crippen LogP) is -7.24. The molecule has 4 N–H and O–H groups in total. The van der Waals surface area contributed by atoms with Crippen LogP contribution in [0.3, 0.4) is 0 Å². The van der Waals surface area contributed by atoms with Gasteiger partial charge in [0.2, 0.25) is 0 Å². The first-order valence-corrected chi connectivity index (χ1v) is 3.17. The van der Waals surface area contributed by atoms with Crippen LogP contribution in [0.15, 0.2) is 0 Å². The normalized spacial score (nSPS) is 9.40. The molecule has 0 amide bonds. The first kappa shape index (κ1) is 20.3. The van der Waals surface area contributed by atoms with E-state index in [0.717, 1.165) is 0 Å². The van der Waals surface area contributed by atoms with Crippen molar-refractivity contribution in [3.05, 3.63) is 0 Å². The summed E-state index contributed by atoms with van der Waals surface area (Å²) in [6.07, 6.45) is -2.29. The number of hydrogen-bond donors (Lipinski definition) is 4. The largest absolute Gasteiger partial charge is 1.00 e. The molecule has 0 spiro atoms. The van der Waals surface area contributed by atoms with E-state index in [1.54, 1.807) is 0 Å². The third-order valence-corrected chi connectivity index (χ3v) is 1.29. The van der Waals surface area contributed by atoms with E-state index in [2.05, 4.69) is 0 Å². The van der Waals surface area contributed by atoms with E-state index in [0.29, 0.717) is 0 Å². The summed E-state index contributed by atoms with van der Waals surface area (Å²) in [5.74, 6) is -5.02. The van der Waals surface area contributed by atoms with Crippen LogP contribution in [0.2, 0.25) is 0 Å². The quantitative estimate of drug-likeness (QED) is 0.370. The average Bonchev–Trinajstić information content (AvgIpc) is 1.82. The Labute approximate surface area is 117 Å². The summed E-state index contributed by atoms with van der Waals surface area (Å²) >= 11 is 0. The third-order valence-electron chi connectivity index (χ3n) is 1.29. The van der Waals surface area contributed by atoms with Crippen LogP contribution in [0.5, 0.6) is 0 Å². The van der Waals surface area contributed by atoms with Crippen LogP contribution in [0, 0.1) is 0 Å². The Kier molecular flexibility index (Phi) is 10.9. The molecule has 0 heterocycles. The molecule has 7 nitrogen and oxygen atoms in total. The van der Waals surface area contributed by atoms with Gasteiger partial charge in [0.15, 0.2) is 5.60 Å². The van der Waals surface area contributed by atoms with Crippen molar-refractivity contribution in [3.63, 3.8) is 0 Å². The van der Waals surface area contributed by atoms with E-state index >= 15 is 0 Å². The van der Waals surface area contributed by atoms with Gasteiger partial charge in [0, 0.05) is 0 Å². The van der Waals surface area contributed by atoms with Gasteiger partial charge >= 0.3 is 47.5 Å². The van der Waals surface area contributed by atoms with Gasteiger partial charge in [-0.25, -0.2) is 4.79 Å². The zero-order valence-corrected chi connectivity index (χ0v) is 11.4. The molecule has 0 radical (unpaired) electrons.